The zero-order chi connectivity index (χ0) is 17.7. The van der Waals surface area contributed by atoms with Gasteiger partial charge < -0.3 is 10.0 Å². The highest BCUT2D eigenvalue weighted by Gasteiger charge is 2.41. The minimum atomic E-state index is -0.657. The molecule has 0 unspecified atom stereocenters. The molecule has 1 aromatic carbocycles. The van der Waals surface area contributed by atoms with Crippen LogP contribution in [0.1, 0.15) is 36.9 Å². The molecule has 5 heteroatoms. The number of hydrogen-bond donors (Lipinski definition) is 1. The molecule has 2 heterocycles. The Morgan fingerprint density at radius 2 is 1.84 bits per heavy atom. The van der Waals surface area contributed by atoms with Crippen LogP contribution in [-0.2, 0) is 11.2 Å². The third-order valence-electron chi connectivity index (χ3n) is 5.25. The van der Waals surface area contributed by atoms with Crippen molar-refractivity contribution < 1.29 is 9.90 Å². The van der Waals surface area contributed by atoms with Crippen molar-refractivity contribution in [1.29, 1.82) is 0 Å². The maximum absolute atomic E-state index is 12.0. The highest BCUT2D eigenvalue weighted by Crippen LogP contribution is 2.38. The number of carboxylic acid groups (broad SMARTS) is 1. The van der Waals surface area contributed by atoms with Gasteiger partial charge in [0.05, 0.1) is 11.1 Å². The van der Waals surface area contributed by atoms with Crippen LogP contribution >= 0.6 is 0 Å². The molecule has 1 saturated heterocycles. The van der Waals surface area contributed by atoms with Gasteiger partial charge in [0.25, 0.3) is 0 Å². The molecule has 132 valence electrons. The summed E-state index contributed by atoms with van der Waals surface area (Å²) in [5.41, 5.74) is 1.56. The molecule has 1 fully saturated rings. The first-order chi connectivity index (χ1) is 12.1. The number of aryl methyl sites for hydroxylation is 2. The summed E-state index contributed by atoms with van der Waals surface area (Å²) in [5, 5.41) is 18.2. The lowest BCUT2D eigenvalue weighted by atomic mass is 9.74. The summed E-state index contributed by atoms with van der Waals surface area (Å²) in [5.74, 6) is 0.184. The Kier molecular flexibility index (Phi) is 5.31. The molecule has 1 aliphatic heterocycles. The molecule has 0 aliphatic carbocycles. The molecule has 5 nitrogen and oxygen atoms in total. The van der Waals surface area contributed by atoms with Crippen LogP contribution in [-0.4, -0.2) is 34.4 Å². The Hall–Kier alpha value is -2.43. The fourth-order valence-electron chi connectivity index (χ4n) is 3.57. The molecule has 0 radical (unpaired) electrons. The molecule has 2 aromatic rings. The van der Waals surface area contributed by atoms with Crippen molar-refractivity contribution in [2.45, 2.75) is 39.0 Å². The molecule has 0 atom stereocenters. The largest absolute Gasteiger partial charge is 0.481 e. The smallest absolute Gasteiger partial charge is 0.309 e. The van der Waals surface area contributed by atoms with E-state index in [0.29, 0.717) is 12.8 Å². The van der Waals surface area contributed by atoms with Gasteiger partial charge in [-0.1, -0.05) is 30.3 Å². The Morgan fingerprint density at radius 1 is 1.12 bits per heavy atom. The Bertz CT molecular complexity index is 693. The maximum atomic E-state index is 12.0. The van der Waals surface area contributed by atoms with Gasteiger partial charge in [-0.25, -0.2) is 0 Å². The van der Waals surface area contributed by atoms with Crippen molar-refractivity contribution >= 4 is 11.8 Å². The van der Waals surface area contributed by atoms with Crippen LogP contribution in [0.4, 0.5) is 5.82 Å². The summed E-state index contributed by atoms with van der Waals surface area (Å²) in [7, 11) is 0. The van der Waals surface area contributed by atoms with Gasteiger partial charge in [0, 0.05) is 13.1 Å². The fraction of sp³-hybridized carbons (Fsp3) is 0.450. The second kappa shape index (κ2) is 7.64. The van der Waals surface area contributed by atoms with Crippen molar-refractivity contribution in [3.8, 4) is 0 Å². The van der Waals surface area contributed by atoms with Crippen molar-refractivity contribution in [2.75, 3.05) is 18.0 Å². The molecule has 0 bridgehead atoms. The SMILES string of the molecule is Cc1ccc(N2CCC(CCCc3ccccc3)(C(=O)O)CC2)nn1. The van der Waals surface area contributed by atoms with Crippen LogP contribution in [0.3, 0.4) is 0 Å². The number of anilines is 1. The number of hydrogen-bond acceptors (Lipinski definition) is 4. The topological polar surface area (TPSA) is 66.3 Å². The highest BCUT2D eigenvalue weighted by atomic mass is 16.4. The number of rotatable bonds is 6. The van der Waals surface area contributed by atoms with E-state index in [1.807, 2.05) is 37.3 Å². The van der Waals surface area contributed by atoms with Gasteiger partial charge in [0.15, 0.2) is 5.82 Å². The Labute approximate surface area is 148 Å². The first-order valence-electron chi connectivity index (χ1n) is 8.92. The number of aliphatic carboxylic acids is 1. The number of aromatic nitrogens is 2. The Balaban J connectivity index is 1.58. The number of benzene rings is 1. The van der Waals surface area contributed by atoms with Crippen molar-refractivity contribution in [1.82, 2.24) is 10.2 Å². The normalized spacial score (nSPS) is 16.6. The third kappa shape index (κ3) is 4.16. The van der Waals surface area contributed by atoms with Crippen molar-refractivity contribution in [3.63, 3.8) is 0 Å². The molecule has 3 rings (SSSR count). The van der Waals surface area contributed by atoms with E-state index in [1.54, 1.807) is 0 Å². The van der Waals surface area contributed by atoms with Gasteiger partial charge in [0.2, 0.25) is 0 Å². The third-order valence-corrected chi connectivity index (χ3v) is 5.25. The van der Waals surface area contributed by atoms with E-state index >= 15 is 0 Å². The van der Waals surface area contributed by atoms with E-state index in [1.165, 1.54) is 5.56 Å². The molecule has 1 N–H and O–H groups in total. The molecule has 0 amide bonds. The number of piperidine rings is 1. The van der Waals surface area contributed by atoms with Gasteiger partial charge in [-0.2, -0.15) is 5.10 Å². The van der Waals surface area contributed by atoms with E-state index in [0.717, 1.165) is 43.9 Å². The lowest BCUT2D eigenvalue weighted by Gasteiger charge is -2.39. The van der Waals surface area contributed by atoms with Crippen LogP contribution in [0.5, 0.6) is 0 Å². The predicted octanol–water partition coefficient (Wildman–Crippen LogP) is 3.48. The first kappa shape index (κ1) is 17.4. The molecular formula is C20H25N3O2. The molecule has 0 spiro atoms. The summed E-state index contributed by atoms with van der Waals surface area (Å²) >= 11 is 0. The second-order valence-corrected chi connectivity index (χ2v) is 6.94. The molecule has 25 heavy (non-hydrogen) atoms. The van der Waals surface area contributed by atoms with Crippen LogP contribution in [0.2, 0.25) is 0 Å². The highest BCUT2D eigenvalue weighted by molar-refractivity contribution is 5.75. The number of nitrogens with zero attached hydrogens (tertiary/aromatic N) is 3. The average Bonchev–Trinajstić information content (AvgIpc) is 2.64. The van der Waals surface area contributed by atoms with Crippen LogP contribution < -0.4 is 4.90 Å². The summed E-state index contributed by atoms with van der Waals surface area (Å²) in [4.78, 5) is 14.1. The van der Waals surface area contributed by atoms with Crippen LogP contribution in [0, 0.1) is 12.3 Å². The summed E-state index contributed by atoms with van der Waals surface area (Å²) in [6, 6.07) is 14.2. The van der Waals surface area contributed by atoms with E-state index in [9.17, 15) is 9.90 Å². The minimum absolute atomic E-state index is 0.608. The zero-order valence-corrected chi connectivity index (χ0v) is 14.7. The summed E-state index contributed by atoms with van der Waals surface area (Å²) in [6.07, 6.45) is 3.88. The number of carboxylic acids is 1. The Morgan fingerprint density at radius 3 is 2.44 bits per heavy atom. The van der Waals surface area contributed by atoms with Gasteiger partial charge in [-0.3, -0.25) is 4.79 Å². The minimum Gasteiger partial charge on any atom is -0.481 e. The number of carbonyl (C=O) groups is 1. The zero-order valence-electron chi connectivity index (χ0n) is 14.7. The molecule has 1 aliphatic rings. The summed E-state index contributed by atoms with van der Waals surface area (Å²) in [6.45, 7) is 3.35. The van der Waals surface area contributed by atoms with Gasteiger partial charge >= 0.3 is 5.97 Å². The average molecular weight is 339 g/mol. The van der Waals surface area contributed by atoms with Gasteiger partial charge in [0.1, 0.15) is 0 Å². The van der Waals surface area contributed by atoms with E-state index in [4.69, 9.17) is 0 Å². The standard InChI is InChI=1S/C20H25N3O2/c1-16-9-10-18(22-21-16)23-14-12-20(13-15-23,19(24)25)11-5-8-17-6-3-2-4-7-17/h2-4,6-7,9-10H,5,8,11-15H2,1H3,(H,24,25). The van der Waals surface area contributed by atoms with E-state index in [-0.39, 0.29) is 0 Å². The first-order valence-corrected chi connectivity index (χ1v) is 8.92. The maximum Gasteiger partial charge on any atom is 0.309 e. The lowest BCUT2D eigenvalue weighted by Crippen LogP contribution is -2.44. The molecule has 1 aromatic heterocycles. The van der Waals surface area contributed by atoms with Gasteiger partial charge in [-0.15, -0.1) is 5.10 Å². The molecular weight excluding hydrogens is 314 g/mol. The van der Waals surface area contributed by atoms with E-state index in [2.05, 4.69) is 27.2 Å². The summed E-state index contributed by atoms with van der Waals surface area (Å²) < 4.78 is 0. The fourth-order valence-corrected chi connectivity index (χ4v) is 3.57. The van der Waals surface area contributed by atoms with E-state index < -0.39 is 11.4 Å². The second-order valence-electron chi connectivity index (χ2n) is 6.94. The lowest BCUT2D eigenvalue weighted by molar-refractivity contribution is -0.151. The van der Waals surface area contributed by atoms with Crippen LogP contribution in [0.15, 0.2) is 42.5 Å². The molecule has 0 saturated carbocycles. The quantitative estimate of drug-likeness (QED) is 0.873. The van der Waals surface area contributed by atoms with Crippen LogP contribution in [0.25, 0.3) is 0 Å². The monoisotopic (exact) mass is 339 g/mol. The van der Waals surface area contributed by atoms with Gasteiger partial charge in [-0.05, 0) is 56.7 Å². The van der Waals surface area contributed by atoms with Crippen molar-refractivity contribution in [3.05, 3.63) is 53.7 Å². The predicted molar refractivity (Wildman–Crippen MR) is 97.7 cm³/mol. The van der Waals surface area contributed by atoms with Crippen molar-refractivity contribution in [2.24, 2.45) is 5.41 Å².